The summed E-state index contributed by atoms with van der Waals surface area (Å²) in [5, 5.41) is 3.60. The van der Waals surface area contributed by atoms with Crippen molar-refractivity contribution in [2.24, 2.45) is 11.8 Å². The summed E-state index contributed by atoms with van der Waals surface area (Å²) >= 11 is 0. The van der Waals surface area contributed by atoms with E-state index in [1.54, 1.807) is 7.11 Å². The molecule has 0 spiro atoms. The predicted molar refractivity (Wildman–Crippen MR) is 80.4 cm³/mol. The van der Waals surface area contributed by atoms with Crippen LogP contribution in [-0.2, 0) is 6.54 Å². The summed E-state index contributed by atoms with van der Waals surface area (Å²) in [6.07, 6.45) is 7.06. The lowest BCUT2D eigenvalue weighted by atomic mass is 9.81. The monoisotopic (exact) mass is 261 g/mol. The van der Waals surface area contributed by atoms with Crippen molar-refractivity contribution in [2.75, 3.05) is 13.7 Å². The molecule has 1 aliphatic carbocycles. The molecule has 0 aromatic heterocycles. The van der Waals surface area contributed by atoms with Gasteiger partial charge in [0.15, 0.2) is 0 Å². The second-order valence-electron chi connectivity index (χ2n) is 5.77. The number of hydrogen-bond donors (Lipinski definition) is 1. The zero-order chi connectivity index (χ0) is 13.5. The molecule has 0 radical (unpaired) electrons. The van der Waals surface area contributed by atoms with Crippen LogP contribution < -0.4 is 10.1 Å². The van der Waals surface area contributed by atoms with Gasteiger partial charge in [-0.3, -0.25) is 0 Å². The SMILES string of the molecule is CCC1CCC(CNCc2ccc(OC)cc2)CC1. The van der Waals surface area contributed by atoms with E-state index in [4.69, 9.17) is 4.74 Å². The highest BCUT2D eigenvalue weighted by Crippen LogP contribution is 2.30. The van der Waals surface area contributed by atoms with Gasteiger partial charge < -0.3 is 10.1 Å². The van der Waals surface area contributed by atoms with E-state index in [-0.39, 0.29) is 0 Å². The van der Waals surface area contributed by atoms with Crippen LogP contribution in [0.1, 0.15) is 44.6 Å². The summed E-state index contributed by atoms with van der Waals surface area (Å²) < 4.78 is 5.17. The number of hydrogen-bond acceptors (Lipinski definition) is 2. The number of methoxy groups -OCH3 is 1. The lowest BCUT2D eigenvalue weighted by molar-refractivity contribution is 0.262. The molecule has 1 fully saturated rings. The van der Waals surface area contributed by atoms with Crippen molar-refractivity contribution in [3.8, 4) is 5.75 Å². The van der Waals surface area contributed by atoms with E-state index in [9.17, 15) is 0 Å². The Bertz CT molecular complexity index is 352. The van der Waals surface area contributed by atoms with Gasteiger partial charge in [0.25, 0.3) is 0 Å². The second-order valence-corrected chi connectivity index (χ2v) is 5.77. The maximum Gasteiger partial charge on any atom is 0.118 e. The fraction of sp³-hybridized carbons (Fsp3) is 0.647. The molecule has 2 heteroatoms. The molecule has 106 valence electrons. The van der Waals surface area contributed by atoms with Crippen molar-refractivity contribution in [3.63, 3.8) is 0 Å². The molecule has 0 bridgehead atoms. The van der Waals surface area contributed by atoms with Crippen molar-refractivity contribution in [1.29, 1.82) is 0 Å². The number of rotatable bonds is 6. The van der Waals surface area contributed by atoms with E-state index < -0.39 is 0 Å². The van der Waals surface area contributed by atoms with Gasteiger partial charge in [-0.1, -0.05) is 38.3 Å². The molecular weight excluding hydrogens is 234 g/mol. The summed E-state index contributed by atoms with van der Waals surface area (Å²) in [4.78, 5) is 0. The van der Waals surface area contributed by atoms with E-state index in [1.165, 1.54) is 44.2 Å². The highest BCUT2D eigenvalue weighted by molar-refractivity contribution is 5.26. The van der Waals surface area contributed by atoms with Crippen molar-refractivity contribution >= 4 is 0 Å². The average molecular weight is 261 g/mol. The fourth-order valence-electron chi connectivity index (χ4n) is 3.01. The van der Waals surface area contributed by atoms with E-state index in [1.807, 2.05) is 12.1 Å². The molecule has 0 unspecified atom stereocenters. The second kappa shape index (κ2) is 7.54. The third-order valence-electron chi connectivity index (χ3n) is 4.46. The van der Waals surface area contributed by atoms with Crippen LogP contribution in [0.2, 0.25) is 0 Å². The summed E-state index contributed by atoms with van der Waals surface area (Å²) in [5.41, 5.74) is 1.34. The quantitative estimate of drug-likeness (QED) is 0.835. The number of ether oxygens (including phenoxy) is 1. The molecule has 0 saturated heterocycles. The van der Waals surface area contributed by atoms with Crippen molar-refractivity contribution in [3.05, 3.63) is 29.8 Å². The number of benzene rings is 1. The molecule has 2 nitrogen and oxygen atoms in total. The van der Waals surface area contributed by atoms with Gasteiger partial charge >= 0.3 is 0 Å². The Hall–Kier alpha value is -1.02. The van der Waals surface area contributed by atoms with E-state index in [2.05, 4.69) is 24.4 Å². The first-order valence-corrected chi connectivity index (χ1v) is 7.65. The van der Waals surface area contributed by atoms with Gasteiger partial charge in [0.1, 0.15) is 5.75 Å². The van der Waals surface area contributed by atoms with Gasteiger partial charge in [0, 0.05) is 6.54 Å². The van der Waals surface area contributed by atoms with Crippen LogP contribution in [0, 0.1) is 11.8 Å². The zero-order valence-corrected chi connectivity index (χ0v) is 12.3. The largest absolute Gasteiger partial charge is 0.497 e. The third kappa shape index (κ3) is 4.54. The smallest absolute Gasteiger partial charge is 0.118 e. The molecule has 19 heavy (non-hydrogen) atoms. The Balaban J connectivity index is 1.66. The van der Waals surface area contributed by atoms with Gasteiger partial charge in [0.05, 0.1) is 7.11 Å². The maximum absolute atomic E-state index is 5.17. The average Bonchev–Trinajstić information content (AvgIpc) is 2.49. The fourth-order valence-corrected chi connectivity index (χ4v) is 3.01. The molecule has 1 aliphatic rings. The van der Waals surface area contributed by atoms with Gasteiger partial charge in [-0.05, 0) is 48.9 Å². The summed E-state index contributed by atoms with van der Waals surface area (Å²) in [6.45, 7) is 4.47. The van der Waals surface area contributed by atoms with E-state index in [0.29, 0.717) is 0 Å². The Labute approximate surface area is 117 Å². The molecule has 1 N–H and O–H groups in total. The van der Waals surface area contributed by atoms with Crippen LogP contribution in [0.3, 0.4) is 0 Å². The van der Waals surface area contributed by atoms with Crippen LogP contribution in [0.15, 0.2) is 24.3 Å². The van der Waals surface area contributed by atoms with Gasteiger partial charge in [-0.25, -0.2) is 0 Å². The summed E-state index contributed by atoms with van der Waals surface area (Å²) in [5.74, 6) is 2.82. The molecule has 1 aromatic carbocycles. The van der Waals surface area contributed by atoms with Crippen LogP contribution in [0.4, 0.5) is 0 Å². The first-order valence-electron chi connectivity index (χ1n) is 7.65. The van der Waals surface area contributed by atoms with Crippen molar-refractivity contribution in [1.82, 2.24) is 5.32 Å². The molecule has 2 rings (SSSR count). The Morgan fingerprint density at radius 2 is 1.68 bits per heavy atom. The zero-order valence-electron chi connectivity index (χ0n) is 12.3. The van der Waals surface area contributed by atoms with Gasteiger partial charge in [-0.15, -0.1) is 0 Å². The third-order valence-corrected chi connectivity index (χ3v) is 4.46. The first-order chi connectivity index (χ1) is 9.31. The van der Waals surface area contributed by atoms with Gasteiger partial charge in [-0.2, -0.15) is 0 Å². The van der Waals surface area contributed by atoms with Crippen LogP contribution in [0.25, 0.3) is 0 Å². The Morgan fingerprint density at radius 1 is 1.05 bits per heavy atom. The maximum atomic E-state index is 5.17. The minimum absolute atomic E-state index is 0.890. The minimum Gasteiger partial charge on any atom is -0.497 e. The lowest BCUT2D eigenvalue weighted by Gasteiger charge is -2.27. The Morgan fingerprint density at radius 3 is 2.26 bits per heavy atom. The molecule has 0 atom stereocenters. The Kier molecular flexibility index (Phi) is 5.71. The number of nitrogens with one attached hydrogen (secondary N) is 1. The predicted octanol–water partition coefficient (Wildman–Crippen LogP) is 4.00. The van der Waals surface area contributed by atoms with Crippen molar-refractivity contribution < 1.29 is 4.74 Å². The first kappa shape index (κ1) is 14.4. The summed E-state index contributed by atoms with van der Waals surface area (Å²) in [7, 11) is 1.71. The van der Waals surface area contributed by atoms with Crippen molar-refractivity contribution in [2.45, 2.75) is 45.6 Å². The minimum atomic E-state index is 0.890. The molecular formula is C17H27NO. The highest BCUT2D eigenvalue weighted by atomic mass is 16.5. The molecule has 0 aliphatic heterocycles. The lowest BCUT2D eigenvalue weighted by Crippen LogP contribution is -2.26. The molecule has 1 saturated carbocycles. The molecule has 0 amide bonds. The molecule has 0 heterocycles. The topological polar surface area (TPSA) is 21.3 Å². The highest BCUT2D eigenvalue weighted by Gasteiger charge is 2.19. The van der Waals surface area contributed by atoms with Gasteiger partial charge in [0.2, 0.25) is 0 Å². The standard InChI is InChI=1S/C17H27NO/c1-3-14-4-6-15(7-5-14)12-18-13-16-8-10-17(19-2)11-9-16/h8-11,14-15,18H,3-7,12-13H2,1-2H3. The van der Waals surface area contributed by atoms with Crippen LogP contribution >= 0.6 is 0 Å². The van der Waals surface area contributed by atoms with Crippen LogP contribution in [-0.4, -0.2) is 13.7 Å². The normalized spacial score (nSPS) is 23.3. The molecule has 1 aromatic rings. The van der Waals surface area contributed by atoms with Crippen LogP contribution in [0.5, 0.6) is 5.75 Å². The van der Waals surface area contributed by atoms with E-state index in [0.717, 1.165) is 24.1 Å². The summed E-state index contributed by atoms with van der Waals surface area (Å²) in [6, 6.07) is 8.34. The van der Waals surface area contributed by atoms with E-state index >= 15 is 0 Å².